The van der Waals surface area contributed by atoms with E-state index in [-0.39, 0.29) is 12.5 Å². The third-order valence-electron chi connectivity index (χ3n) is 4.28. The Hall–Kier alpha value is -0.420. The normalized spacial score (nSPS) is 22.2. The summed E-state index contributed by atoms with van der Waals surface area (Å²) in [5.74, 6) is 1.61. The van der Waals surface area contributed by atoms with Gasteiger partial charge in [-0.15, -0.1) is 0 Å². The molecule has 6 nitrogen and oxygen atoms in total. The molecule has 3 atom stereocenters. The fraction of sp³-hybridized carbons (Fsp3) is 0.933. The Morgan fingerprint density at radius 3 is 2.41 bits per heavy atom. The van der Waals surface area contributed by atoms with E-state index in [0.717, 1.165) is 25.7 Å². The average Bonchev–Trinajstić information content (AvgIpc) is 2.65. The van der Waals surface area contributed by atoms with Crippen LogP contribution in [0.3, 0.4) is 0 Å². The molecule has 0 fully saturated rings. The Kier molecular flexibility index (Phi) is 10.2. The standard InChI is InChI=1S/C8H19O4P.C7H15N2/c1-3-5-6-8(4-2)7-12-13(9,10)11;1-6-5-8(3)7(2)9(6)4/h8H,3-7H2,1-2H3,(H2,9,10,11);6H,5H2,1-4H3/q;+1/p-1. The fourth-order valence-corrected chi connectivity index (χ4v) is 2.74. The van der Waals surface area contributed by atoms with Gasteiger partial charge in [-0.2, -0.15) is 0 Å². The van der Waals surface area contributed by atoms with E-state index in [1.54, 1.807) is 0 Å². The zero-order valence-electron chi connectivity index (χ0n) is 14.9. The van der Waals surface area contributed by atoms with Gasteiger partial charge >= 0.3 is 0 Å². The summed E-state index contributed by atoms with van der Waals surface area (Å²) in [5.41, 5.74) is 0. The van der Waals surface area contributed by atoms with E-state index < -0.39 is 7.82 Å². The number of nitrogens with zero attached hydrogens (tertiary/aromatic N) is 2. The quantitative estimate of drug-likeness (QED) is 0.569. The van der Waals surface area contributed by atoms with Crippen LogP contribution in [0.25, 0.3) is 0 Å². The van der Waals surface area contributed by atoms with Gasteiger partial charge in [-0.05, 0) is 19.3 Å². The second kappa shape index (κ2) is 10.4. The lowest BCUT2D eigenvalue weighted by Gasteiger charge is -2.20. The van der Waals surface area contributed by atoms with Crippen LogP contribution in [-0.2, 0) is 9.09 Å². The molecule has 0 aromatic heterocycles. The van der Waals surface area contributed by atoms with Crippen molar-refractivity contribution < 1.29 is 23.5 Å². The molecular formula is C15H33N2O4P. The van der Waals surface area contributed by atoms with E-state index in [2.05, 4.69) is 48.9 Å². The lowest BCUT2D eigenvalue weighted by molar-refractivity contribution is -0.490. The van der Waals surface area contributed by atoms with Crippen molar-refractivity contribution in [1.29, 1.82) is 0 Å². The molecule has 0 bridgehead atoms. The average molecular weight is 336 g/mol. The van der Waals surface area contributed by atoms with Crippen LogP contribution in [0.1, 0.15) is 53.4 Å². The van der Waals surface area contributed by atoms with Crippen molar-refractivity contribution in [3.8, 4) is 0 Å². The number of likely N-dealkylation sites (N-methyl/N-ethyl adjacent to an activating group) is 2. The van der Waals surface area contributed by atoms with Crippen LogP contribution < -0.4 is 4.89 Å². The first-order valence-electron chi connectivity index (χ1n) is 8.08. The molecular weight excluding hydrogens is 303 g/mol. The zero-order valence-corrected chi connectivity index (χ0v) is 15.8. The Morgan fingerprint density at radius 1 is 1.55 bits per heavy atom. The molecule has 1 rings (SSSR count). The van der Waals surface area contributed by atoms with Crippen LogP contribution in [0.15, 0.2) is 0 Å². The van der Waals surface area contributed by atoms with Crippen molar-refractivity contribution >= 4 is 13.7 Å². The highest BCUT2D eigenvalue weighted by Crippen LogP contribution is 2.32. The molecule has 0 aliphatic carbocycles. The molecule has 0 spiro atoms. The molecule has 0 amide bonds. The third kappa shape index (κ3) is 8.89. The van der Waals surface area contributed by atoms with E-state index in [1.807, 2.05) is 6.92 Å². The second-order valence-corrected chi connectivity index (χ2v) is 7.26. The molecule has 0 radical (unpaired) electrons. The summed E-state index contributed by atoms with van der Waals surface area (Å²) in [5, 5.41) is 0. The van der Waals surface area contributed by atoms with Crippen molar-refractivity contribution in [3.63, 3.8) is 0 Å². The fourth-order valence-electron chi connectivity index (χ4n) is 2.34. The molecule has 132 valence electrons. The number of phosphoric acid groups is 1. The summed E-state index contributed by atoms with van der Waals surface area (Å²) in [6.07, 6.45) is 3.98. The molecule has 1 aliphatic rings. The Balaban J connectivity index is 0.000000425. The summed E-state index contributed by atoms with van der Waals surface area (Å²) in [6, 6.07) is 0.690. The predicted molar refractivity (Wildman–Crippen MR) is 88.0 cm³/mol. The highest BCUT2D eigenvalue weighted by molar-refractivity contribution is 7.44. The van der Waals surface area contributed by atoms with Gasteiger partial charge in [-0.3, -0.25) is 14.0 Å². The number of hydrogen-bond acceptors (Lipinski definition) is 4. The minimum atomic E-state index is -4.51. The lowest BCUT2D eigenvalue weighted by atomic mass is 10.0. The van der Waals surface area contributed by atoms with Gasteiger partial charge in [0.05, 0.1) is 20.7 Å². The molecule has 1 aliphatic heterocycles. The first-order valence-corrected chi connectivity index (χ1v) is 9.57. The number of unbranched alkanes of at least 4 members (excludes halogenated alkanes) is 1. The molecule has 1 N–H and O–H groups in total. The number of hydrogen-bond donors (Lipinski definition) is 1. The van der Waals surface area contributed by atoms with Crippen molar-refractivity contribution in [2.24, 2.45) is 5.92 Å². The van der Waals surface area contributed by atoms with Gasteiger partial charge in [0.25, 0.3) is 7.82 Å². The van der Waals surface area contributed by atoms with Crippen molar-refractivity contribution in [1.82, 2.24) is 4.90 Å². The summed E-state index contributed by atoms with van der Waals surface area (Å²) in [4.78, 5) is 21.0. The summed E-state index contributed by atoms with van der Waals surface area (Å²) in [7, 11) is -0.238. The topological polar surface area (TPSA) is 75.8 Å². The van der Waals surface area contributed by atoms with E-state index >= 15 is 0 Å². The maximum atomic E-state index is 10.3. The monoisotopic (exact) mass is 336 g/mol. The van der Waals surface area contributed by atoms with Gasteiger partial charge in [0.2, 0.25) is 5.84 Å². The predicted octanol–water partition coefficient (Wildman–Crippen LogP) is 2.06. The van der Waals surface area contributed by atoms with Gasteiger partial charge in [-0.1, -0.05) is 33.1 Å². The first-order chi connectivity index (χ1) is 10.1. The van der Waals surface area contributed by atoms with Crippen LogP contribution in [0.2, 0.25) is 0 Å². The minimum absolute atomic E-state index is 0.105. The van der Waals surface area contributed by atoms with Crippen LogP contribution in [0.4, 0.5) is 0 Å². The minimum Gasteiger partial charge on any atom is -0.756 e. The molecule has 0 aromatic rings. The molecule has 1 heterocycles. The van der Waals surface area contributed by atoms with Crippen LogP contribution >= 0.6 is 7.82 Å². The molecule has 0 saturated heterocycles. The summed E-state index contributed by atoms with van der Waals surface area (Å²) in [6.45, 7) is 9.74. The Labute approximate surface area is 135 Å². The molecule has 0 aromatic carbocycles. The Morgan fingerprint density at radius 2 is 2.14 bits per heavy atom. The van der Waals surface area contributed by atoms with Gasteiger partial charge < -0.3 is 14.3 Å². The number of amidine groups is 1. The summed E-state index contributed by atoms with van der Waals surface area (Å²) >= 11 is 0. The van der Waals surface area contributed by atoms with Crippen LogP contribution in [0.5, 0.6) is 0 Å². The molecule has 22 heavy (non-hydrogen) atoms. The second-order valence-electron chi connectivity index (χ2n) is 6.07. The lowest BCUT2D eigenvalue weighted by Crippen LogP contribution is -2.28. The van der Waals surface area contributed by atoms with Crippen molar-refractivity contribution in [2.75, 3.05) is 27.2 Å². The number of phosphoric ester groups is 1. The van der Waals surface area contributed by atoms with Gasteiger partial charge in [0.15, 0.2) is 0 Å². The van der Waals surface area contributed by atoms with E-state index in [0.29, 0.717) is 6.04 Å². The largest absolute Gasteiger partial charge is 0.756 e. The van der Waals surface area contributed by atoms with E-state index in [4.69, 9.17) is 4.89 Å². The van der Waals surface area contributed by atoms with Gasteiger partial charge in [0, 0.05) is 6.92 Å². The third-order valence-corrected chi connectivity index (χ3v) is 4.75. The molecule has 7 heteroatoms. The van der Waals surface area contributed by atoms with Crippen LogP contribution in [0, 0.1) is 5.92 Å². The van der Waals surface area contributed by atoms with Crippen molar-refractivity contribution in [2.45, 2.75) is 59.4 Å². The molecule has 3 unspecified atom stereocenters. The summed E-state index contributed by atoms with van der Waals surface area (Å²) < 4.78 is 16.9. The van der Waals surface area contributed by atoms with Gasteiger partial charge in [0.1, 0.15) is 12.6 Å². The number of rotatable bonds is 7. The van der Waals surface area contributed by atoms with Crippen LogP contribution in [-0.4, -0.2) is 53.5 Å². The molecule has 0 saturated carbocycles. The zero-order chi connectivity index (χ0) is 17.3. The van der Waals surface area contributed by atoms with Gasteiger partial charge in [-0.25, -0.2) is 0 Å². The highest BCUT2D eigenvalue weighted by Gasteiger charge is 2.27. The highest BCUT2D eigenvalue weighted by atomic mass is 31.2. The van der Waals surface area contributed by atoms with Crippen molar-refractivity contribution in [3.05, 3.63) is 0 Å². The SMILES string of the molecule is CC1=[N+](C)CC(C)N1C.CCCCC(CC)COP(=O)([O-])O. The smallest absolute Gasteiger partial charge is 0.265 e. The maximum absolute atomic E-state index is 10.3. The first kappa shape index (κ1) is 21.6. The van der Waals surface area contributed by atoms with E-state index in [1.165, 1.54) is 12.4 Å². The Bertz CT molecular complexity index is 395. The van der Waals surface area contributed by atoms with E-state index in [9.17, 15) is 9.46 Å². The maximum Gasteiger partial charge on any atom is 0.265 e.